The number of fused-ring (bicyclic) bond motifs is 1. The predicted octanol–water partition coefficient (Wildman–Crippen LogP) is 1.47. The molecule has 3 atom stereocenters. The number of benzene rings is 2. The summed E-state index contributed by atoms with van der Waals surface area (Å²) in [5.41, 5.74) is 2.39. The van der Waals surface area contributed by atoms with Crippen LogP contribution in [0.3, 0.4) is 0 Å². The number of carboxylic acid groups (broad SMARTS) is 2. The number of rotatable bonds is 15. The summed E-state index contributed by atoms with van der Waals surface area (Å²) in [6.45, 7) is 0.0572. The maximum atomic E-state index is 13.0. The highest BCUT2D eigenvalue weighted by molar-refractivity contribution is 7.80. The normalized spacial score (nSPS) is 13.4. The number of para-hydroxylation sites is 1. The van der Waals surface area contributed by atoms with Gasteiger partial charge in [-0.15, -0.1) is 0 Å². The lowest BCUT2D eigenvalue weighted by molar-refractivity contribution is -0.141. The summed E-state index contributed by atoms with van der Waals surface area (Å²) in [6, 6.07) is 11.0. The topological polar surface area (TPSA) is 181 Å². The first-order valence-electron chi connectivity index (χ1n) is 12.4. The zero-order valence-electron chi connectivity index (χ0n) is 21.1. The van der Waals surface area contributed by atoms with Crippen molar-refractivity contribution >= 4 is 47.3 Å². The Labute approximate surface area is 230 Å². The molecule has 0 saturated heterocycles. The number of H-pyrrole nitrogens is 1. The molecule has 12 heteroatoms. The second-order valence-corrected chi connectivity index (χ2v) is 9.51. The van der Waals surface area contributed by atoms with E-state index in [1.807, 2.05) is 24.3 Å². The number of hydrogen-bond donors (Lipinski definition) is 8. The molecule has 0 fully saturated rings. The molecule has 3 rings (SSSR count). The second kappa shape index (κ2) is 14.2. The lowest BCUT2D eigenvalue weighted by Gasteiger charge is -2.25. The summed E-state index contributed by atoms with van der Waals surface area (Å²) < 4.78 is 0. The van der Waals surface area contributed by atoms with Crippen LogP contribution >= 0.6 is 12.6 Å². The van der Waals surface area contributed by atoms with Gasteiger partial charge in [0.15, 0.2) is 0 Å². The number of phenolic OH excluding ortho intramolecular Hbond substituents is 1. The highest BCUT2D eigenvalue weighted by Crippen LogP contribution is 2.18. The van der Waals surface area contributed by atoms with E-state index >= 15 is 0 Å². The van der Waals surface area contributed by atoms with Crippen LogP contribution in [-0.4, -0.2) is 74.5 Å². The number of aromatic nitrogens is 1. The van der Waals surface area contributed by atoms with Gasteiger partial charge >= 0.3 is 11.9 Å². The van der Waals surface area contributed by atoms with Crippen molar-refractivity contribution in [3.05, 3.63) is 65.9 Å². The van der Waals surface area contributed by atoms with Crippen molar-refractivity contribution in [3.8, 4) is 5.75 Å². The number of aromatic hydroxyl groups is 1. The summed E-state index contributed by atoms with van der Waals surface area (Å²) in [7, 11) is 0. The SMILES string of the molecule is O=C(O)CCC(CNC(Cc1ccc(O)cc1)C(=O)NC(CS)C(=O)O)NC(=O)Cc1c[nH]c2ccccc12. The monoisotopic (exact) mass is 556 g/mol. The minimum atomic E-state index is -1.23. The van der Waals surface area contributed by atoms with Gasteiger partial charge < -0.3 is 36.3 Å². The Balaban J connectivity index is 1.71. The number of carboxylic acids is 2. The summed E-state index contributed by atoms with van der Waals surface area (Å²) in [5.74, 6) is -3.21. The van der Waals surface area contributed by atoms with Crippen molar-refractivity contribution in [2.24, 2.45) is 0 Å². The molecule has 39 heavy (non-hydrogen) atoms. The Morgan fingerprint density at radius 3 is 2.33 bits per heavy atom. The van der Waals surface area contributed by atoms with E-state index in [4.69, 9.17) is 0 Å². The Morgan fingerprint density at radius 2 is 1.67 bits per heavy atom. The number of carbonyl (C=O) groups is 4. The zero-order chi connectivity index (χ0) is 28.4. The molecule has 7 N–H and O–H groups in total. The molecular formula is C27H32N4O7S. The highest BCUT2D eigenvalue weighted by atomic mass is 32.1. The van der Waals surface area contributed by atoms with E-state index in [9.17, 15) is 34.5 Å². The minimum absolute atomic E-state index is 0.0559. The van der Waals surface area contributed by atoms with Crippen LogP contribution in [0.2, 0.25) is 0 Å². The van der Waals surface area contributed by atoms with Crippen LogP contribution in [0.25, 0.3) is 10.9 Å². The Bertz CT molecular complexity index is 1290. The van der Waals surface area contributed by atoms with Crippen LogP contribution in [0, 0.1) is 0 Å². The van der Waals surface area contributed by atoms with Crippen LogP contribution in [0.4, 0.5) is 0 Å². The summed E-state index contributed by atoms with van der Waals surface area (Å²) >= 11 is 3.99. The van der Waals surface area contributed by atoms with Gasteiger partial charge in [-0.3, -0.25) is 14.4 Å². The zero-order valence-corrected chi connectivity index (χ0v) is 22.0. The lowest BCUT2D eigenvalue weighted by atomic mass is 10.0. The molecule has 0 aliphatic rings. The van der Waals surface area contributed by atoms with E-state index in [-0.39, 0.29) is 49.6 Å². The number of aromatic amines is 1. The maximum Gasteiger partial charge on any atom is 0.327 e. The highest BCUT2D eigenvalue weighted by Gasteiger charge is 2.26. The van der Waals surface area contributed by atoms with Gasteiger partial charge in [0.1, 0.15) is 11.8 Å². The maximum absolute atomic E-state index is 13.0. The molecule has 11 nitrogen and oxygen atoms in total. The average Bonchev–Trinajstić information content (AvgIpc) is 3.31. The Morgan fingerprint density at radius 1 is 0.949 bits per heavy atom. The molecule has 0 bridgehead atoms. The van der Waals surface area contributed by atoms with Gasteiger partial charge in [-0.2, -0.15) is 12.6 Å². The first kappa shape index (κ1) is 29.5. The van der Waals surface area contributed by atoms with Crippen LogP contribution in [0.1, 0.15) is 24.0 Å². The molecule has 2 amide bonds. The van der Waals surface area contributed by atoms with Crippen molar-refractivity contribution in [1.82, 2.24) is 20.9 Å². The molecule has 2 aromatic carbocycles. The van der Waals surface area contributed by atoms with E-state index in [0.717, 1.165) is 16.5 Å². The number of aliphatic carboxylic acids is 2. The van der Waals surface area contributed by atoms with E-state index in [1.54, 1.807) is 18.3 Å². The van der Waals surface area contributed by atoms with E-state index < -0.39 is 36.0 Å². The standard InChI is InChI=1S/C27H32N4O7S/c32-19-8-5-16(6-9-19)11-22(26(36)31-23(15-39)27(37)38)29-14-18(7-10-25(34)35)30-24(33)12-17-13-28-21-4-2-1-3-20(17)21/h1-6,8-9,13,18,22-23,28-29,32,39H,7,10-12,14-15H2,(H,30,33)(H,31,36)(H,34,35)(H,37,38). The van der Waals surface area contributed by atoms with Crippen LogP contribution < -0.4 is 16.0 Å². The number of nitrogens with one attached hydrogen (secondary N) is 4. The van der Waals surface area contributed by atoms with Gasteiger partial charge in [-0.05, 0) is 42.2 Å². The van der Waals surface area contributed by atoms with Crippen LogP contribution in [-0.2, 0) is 32.0 Å². The lowest BCUT2D eigenvalue weighted by Crippen LogP contribution is -2.54. The molecule has 3 aromatic rings. The van der Waals surface area contributed by atoms with Crippen molar-refractivity contribution in [1.29, 1.82) is 0 Å². The van der Waals surface area contributed by atoms with Crippen LogP contribution in [0.15, 0.2) is 54.7 Å². The molecular weight excluding hydrogens is 524 g/mol. The van der Waals surface area contributed by atoms with Gasteiger partial charge in [-0.25, -0.2) is 4.79 Å². The van der Waals surface area contributed by atoms with E-state index in [1.165, 1.54) is 12.1 Å². The number of phenols is 1. The third-order valence-electron chi connectivity index (χ3n) is 6.20. The Hall–Kier alpha value is -4.03. The van der Waals surface area contributed by atoms with Gasteiger partial charge in [0.25, 0.3) is 0 Å². The molecule has 1 heterocycles. The molecule has 208 valence electrons. The molecule has 0 aliphatic carbocycles. The average molecular weight is 557 g/mol. The second-order valence-electron chi connectivity index (χ2n) is 9.15. The fourth-order valence-electron chi connectivity index (χ4n) is 4.12. The molecule has 3 unspecified atom stereocenters. The van der Waals surface area contributed by atoms with Crippen molar-refractivity contribution in [2.75, 3.05) is 12.3 Å². The number of hydrogen-bond acceptors (Lipinski definition) is 7. The smallest absolute Gasteiger partial charge is 0.327 e. The number of carbonyl (C=O) groups excluding carboxylic acids is 2. The molecule has 0 saturated carbocycles. The third kappa shape index (κ3) is 9.04. The largest absolute Gasteiger partial charge is 0.508 e. The quantitative estimate of drug-likeness (QED) is 0.130. The van der Waals surface area contributed by atoms with Gasteiger partial charge in [0.05, 0.1) is 12.5 Å². The molecule has 1 aromatic heterocycles. The number of amides is 2. The predicted molar refractivity (Wildman–Crippen MR) is 148 cm³/mol. The van der Waals surface area contributed by atoms with E-state index in [0.29, 0.717) is 5.56 Å². The van der Waals surface area contributed by atoms with Crippen molar-refractivity contribution in [3.63, 3.8) is 0 Å². The van der Waals surface area contributed by atoms with Gasteiger partial charge in [-0.1, -0.05) is 30.3 Å². The van der Waals surface area contributed by atoms with Crippen molar-refractivity contribution < 1.29 is 34.5 Å². The fraction of sp³-hybridized carbons (Fsp3) is 0.333. The fourth-order valence-corrected chi connectivity index (χ4v) is 4.37. The molecule has 0 radical (unpaired) electrons. The molecule has 0 aliphatic heterocycles. The first-order valence-corrected chi connectivity index (χ1v) is 13.0. The molecule has 0 spiro atoms. The van der Waals surface area contributed by atoms with Gasteiger partial charge in [0, 0.05) is 41.9 Å². The van der Waals surface area contributed by atoms with Gasteiger partial charge in [0.2, 0.25) is 11.8 Å². The third-order valence-corrected chi connectivity index (χ3v) is 6.56. The summed E-state index contributed by atoms with van der Waals surface area (Å²) in [4.78, 5) is 51.7. The van der Waals surface area contributed by atoms with Crippen LogP contribution in [0.5, 0.6) is 5.75 Å². The minimum Gasteiger partial charge on any atom is -0.508 e. The number of thiol groups is 1. The summed E-state index contributed by atoms with van der Waals surface area (Å²) in [6.07, 6.45) is 1.90. The van der Waals surface area contributed by atoms with E-state index in [2.05, 4.69) is 33.6 Å². The van der Waals surface area contributed by atoms with Crippen molar-refractivity contribution in [2.45, 2.75) is 43.8 Å². The first-order chi connectivity index (χ1) is 18.7. The summed E-state index contributed by atoms with van der Waals surface area (Å²) in [5, 5.41) is 37.4. The Kier molecular flexibility index (Phi) is 10.8.